The fourth-order valence-corrected chi connectivity index (χ4v) is 2.51. The summed E-state index contributed by atoms with van der Waals surface area (Å²) in [5.74, 6) is 1.08. The number of ether oxygens (including phenoxy) is 1. The summed E-state index contributed by atoms with van der Waals surface area (Å²) in [4.78, 5) is 4.37. The van der Waals surface area contributed by atoms with Crippen molar-refractivity contribution < 1.29 is 9.26 Å². The predicted molar refractivity (Wildman–Crippen MR) is 69.8 cm³/mol. The predicted octanol–water partition coefficient (Wildman–Crippen LogP) is 2.93. The van der Waals surface area contributed by atoms with Gasteiger partial charge in [-0.25, -0.2) is 0 Å². The van der Waals surface area contributed by atoms with Crippen LogP contribution >= 0.6 is 15.9 Å². The van der Waals surface area contributed by atoms with Gasteiger partial charge in [-0.15, -0.1) is 0 Å². The van der Waals surface area contributed by atoms with E-state index in [1.165, 1.54) is 0 Å². The van der Waals surface area contributed by atoms with E-state index in [1.807, 2.05) is 12.1 Å². The molecule has 1 fully saturated rings. The zero-order chi connectivity index (χ0) is 12.5. The van der Waals surface area contributed by atoms with Crippen molar-refractivity contribution in [2.24, 2.45) is 0 Å². The number of rotatable bonds is 2. The van der Waals surface area contributed by atoms with Crippen LogP contribution in [0.5, 0.6) is 0 Å². The molecule has 18 heavy (non-hydrogen) atoms. The quantitative estimate of drug-likeness (QED) is 0.863. The lowest BCUT2D eigenvalue weighted by atomic mass is 10.2. The molecular formula is C12H12BrN3O2. The van der Waals surface area contributed by atoms with Crippen LogP contribution in [0.4, 0.5) is 5.69 Å². The number of benzene rings is 1. The Bertz CT molecular complexity index is 544. The molecule has 5 nitrogen and oxygen atoms in total. The molecule has 3 rings (SSSR count). The summed E-state index contributed by atoms with van der Waals surface area (Å²) in [6.07, 6.45) is 1.95. The second kappa shape index (κ2) is 4.70. The van der Waals surface area contributed by atoms with Crippen LogP contribution in [0.3, 0.4) is 0 Å². The van der Waals surface area contributed by atoms with Crippen molar-refractivity contribution in [2.75, 3.05) is 12.3 Å². The normalized spacial score (nSPS) is 19.3. The smallest absolute Gasteiger partial charge is 0.258 e. The summed E-state index contributed by atoms with van der Waals surface area (Å²) in [6.45, 7) is 0.762. The zero-order valence-corrected chi connectivity index (χ0v) is 11.2. The minimum atomic E-state index is -0.0352. The van der Waals surface area contributed by atoms with E-state index in [0.717, 1.165) is 29.5 Å². The molecule has 1 saturated heterocycles. The summed E-state index contributed by atoms with van der Waals surface area (Å²) in [7, 11) is 0. The molecule has 1 aliphatic heterocycles. The lowest BCUT2D eigenvalue weighted by molar-refractivity contribution is 0.103. The summed E-state index contributed by atoms with van der Waals surface area (Å²) < 4.78 is 11.7. The molecular weight excluding hydrogens is 298 g/mol. The molecule has 94 valence electrons. The standard InChI is InChI=1S/C12H12BrN3O2/c13-8-4-7(5-9(14)6-8)12-15-11(16-18-12)10-2-1-3-17-10/h4-6,10H,1-3,14H2. The summed E-state index contributed by atoms with van der Waals surface area (Å²) in [5, 5.41) is 3.97. The second-order valence-electron chi connectivity index (χ2n) is 4.23. The van der Waals surface area contributed by atoms with Crippen molar-refractivity contribution in [2.45, 2.75) is 18.9 Å². The number of nitrogens with zero attached hydrogens (tertiary/aromatic N) is 2. The number of hydrogen-bond donors (Lipinski definition) is 1. The highest BCUT2D eigenvalue weighted by Gasteiger charge is 2.23. The van der Waals surface area contributed by atoms with Gasteiger partial charge in [-0.1, -0.05) is 21.1 Å². The van der Waals surface area contributed by atoms with Crippen LogP contribution in [0.2, 0.25) is 0 Å². The molecule has 0 aliphatic carbocycles. The van der Waals surface area contributed by atoms with Crippen LogP contribution in [-0.2, 0) is 4.74 Å². The van der Waals surface area contributed by atoms with Gasteiger partial charge in [0.1, 0.15) is 6.10 Å². The fraction of sp³-hybridized carbons (Fsp3) is 0.333. The first-order valence-corrected chi connectivity index (χ1v) is 6.53. The van der Waals surface area contributed by atoms with Gasteiger partial charge in [-0.2, -0.15) is 4.98 Å². The Morgan fingerprint density at radius 1 is 1.33 bits per heavy atom. The highest BCUT2D eigenvalue weighted by molar-refractivity contribution is 9.10. The summed E-state index contributed by atoms with van der Waals surface area (Å²) in [5.41, 5.74) is 7.23. The van der Waals surface area contributed by atoms with Crippen LogP contribution in [0.25, 0.3) is 11.5 Å². The zero-order valence-electron chi connectivity index (χ0n) is 9.60. The van der Waals surface area contributed by atoms with Gasteiger partial charge in [0.05, 0.1) is 0 Å². The van der Waals surface area contributed by atoms with E-state index in [2.05, 4.69) is 26.1 Å². The van der Waals surface area contributed by atoms with Gasteiger partial charge in [0.15, 0.2) is 0 Å². The van der Waals surface area contributed by atoms with Crippen molar-refractivity contribution in [1.29, 1.82) is 0 Å². The monoisotopic (exact) mass is 309 g/mol. The minimum Gasteiger partial charge on any atom is -0.399 e. The first-order valence-electron chi connectivity index (χ1n) is 5.74. The van der Waals surface area contributed by atoms with E-state index in [0.29, 0.717) is 17.4 Å². The van der Waals surface area contributed by atoms with Gasteiger partial charge < -0.3 is 15.0 Å². The van der Waals surface area contributed by atoms with Crippen LogP contribution in [0.1, 0.15) is 24.8 Å². The molecule has 0 spiro atoms. The summed E-state index contributed by atoms with van der Waals surface area (Å²) in [6, 6.07) is 5.52. The largest absolute Gasteiger partial charge is 0.399 e. The molecule has 1 aromatic carbocycles. The van der Waals surface area contributed by atoms with Gasteiger partial charge in [0, 0.05) is 22.3 Å². The molecule has 0 saturated carbocycles. The lowest BCUT2D eigenvalue weighted by Crippen LogP contribution is -1.97. The Labute approximate surface area is 112 Å². The average molecular weight is 310 g/mol. The first-order chi connectivity index (χ1) is 8.72. The van der Waals surface area contributed by atoms with Crippen molar-refractivity contribution in [3.8, 4) is 11.5 Å². The maximum Gasteiger partial charge on any atom is 0.258 e. The minimum absolute atomic E-state index is 0.0352. The van der Waals surface area contributed by atoms with Gasteiger partial charge in [0.25, 0.3) is 5.89 Å². The van der Waals surface area contributed by atoms with Gasteiger partial charge in [-0.3, -0.25) is 0 Å². The van der Waals surface area contributed by atoms with Crippen LogP contribution in [-0.4, -0.2) is 16.7 Å². The molecule has 1 aliphatic rings. The highest BCUT2D eigenvalue weighted by atomic mass is 79.9. The molecule has 2 aromatic rings. The van der Waals surface area contributed by atoms with Crippen LogP contribution in [0, 0.1) is 0 Å². The molecule has 1 aromatic heterocycles. The van der Waals surface area contributed by atoms with Crippen molar-refractivity contribution in [3.63, 3.8) is 0 Å². The molecule has 1 unspecified atom stereocenters. The fourth-order valence-electron chi connectivity index (χ4n) is 2.00. The maximum atomic E-state index is 5.78. The third-order valence-corrected chi connectivity index (χ3v) is 3.28. The third-order valence-electron chi connectivity index (χ3n) is 2.83. The number of anilines is 1. The van der Waals surface area contributed by atoms with Crippen molar-refractivity contribution >= 4 is 21.6 Å². The van der Waals surface area contributed by atoms with Crippen LogP contribution < -0.4 is 5.73 Å². The molecule has 0 amide bonds. The molecule has 0 radical (unpaired) electrons. The van der Waals surface area contributed by atoms with E-state index in [9.17, 15) is 0 Å². The lowest BCUT2D eigenvalue weighted by Gasteiger charge is -2.01. The molecule has 2 N–H and O–H groups in total. The molecule has 1 atom stereocenters. The van der Waals surface area contributed by atoms with Crippen molar-refractivity contribution in [1.82, 2.24) is 10.1 Å². The van der Waals surface area contributed by atoms with Gasteiger partial charge >= 0.3 is 0 Å². The van der Waals surface area contributed by atoms with Gasteiger partial charge in [0.2, 0.25) is 5.82 Å². The van der Waals surface area contributed by atoms with E-state index in [4.69, 9.17) is 15.0 Å². The van der Waals surface area contributed by atoms with E-state index in [-0.39, 0.29) is 6.10 Å². The number of nitrogens with two attached hydrogens (primary N) is 1. The Hall–Kier alpha value is -1.40. The number of halogens is 1. The Morgan fingerprint density at radius 3 is 2.94 bits per heavy atom. The van der Waals surface area contributed by atoms with E-state index >= 15 is 0 Å². The SMILES string of the molecule is Nc1cc(Br)cc(-c2nc(C3CCCO3)no2)c1. The second-order valence-corrected chi connectivity index (χ2v) is 5.15. The number of hydrogen-bond acceptors (Lipinski definition) is 5. The molecule has 6 heteroatoms. The Kier molecular flexibility index (Phi) is 3.05. The summed E-state index contributed by atoms with van der Waals surface area (Å²) >= 11 is 3.39. The third kappa shape index (κ3) is 2.26. The first kappa shape index (κ1) is 11.7. The van der Waals surface area contributed by atoms with Crippen molar-refractivity contribution in [3.05, 3.63) is 28.5 Å². The van der Waals surface area contributed by atoms with E-state index < -0.39 is 0 Å². The Balaban J connectivity index is 1.92. The van der Waals surface area contributed by atoms with Crippen LogP contribution in [0.15, 0.2) is 27.2 Å². The Morgan fingerprint density at radius 2 is 2.22 bits per heavy atom. The molecule has 2 heterocycles. The highest BCUT2D eigenvalue weighted by Crippen LogP contribution is 2.29. The van der Waals surface area contributed by atoms with Gasteiger partial charge in [-0.05, 0) is 31.0 Å². The number of nitrogen functional groups attached to an aromatic ring is 1. The maximum absolute atomic E-state index is 5.78. The molecule has 0 bridgehead atoms. The number of aromatic nitrogens is 2. The average Bonchev–Trinajstić information content (AvgIpc) is 2.99. The topological polar surface area (TPSA) is 74.2 Å². The van der Waals surface area contributed by atoms with E-state index in [1.54, 1.807) is 6.07 Å².